The van der Waals surface area contributed by atoms with E-state index < -0.39 is 0 Å². The Hall–Kier alpha value is -1.36. The highest BCUT2D eigenvalue weighted by Gasteiger charge is 2.26. The lowest BCUT2D eigenvalue weighted by Crippen LogP contribution is -2.39. The Kier molecular flexibility index (Phi) is 4.24. The van der Waals surface area contributed by atoms with Gasteiger partial charge in [0.1, 0.15) is 18.0 Å². The van der Waals surface area contributed by atoms with Gasteiger partial charge in [0.2, 0.25) is 0 Å². The van der Waals surface area contributed by atoms with Gasteiger partial charge in [-0.1, -0.05) is 27.7 Å². The number of nitrogens with zero attached hydrogens (tertiary/aromatic N) is 3. The van der Waals surface area contributed by atoms with Crippen LogP contribution in [0, 0.1) is 11.8 Å². The van der Waals surface area contributed by atoms with Crippen molar-refractivity contribution in [3.8, 4) is 0 Å². The molecule has 0 saturated carbocycles. The van der Waals surface area contributed by atoms with Gasteiger partial charge in [0.15, 0.2) is 0 Å². The van der Waals surface area contributed by atoms with Gasteiger partial charge in [0.25, 0.3) is 0 Å². The molecule has 0 spiro atoms. The molecule has 0 aliphatic carbocycles. The highest BCUT2D eigenvalue weighted by Crippen LogP contribution is 2.33. The van der Waals surface area contributed by atoms with Crippen molar-refractivity contribution in [1.29, 1.82) is 0 Å². The van der Waals surface area contributed by atoms with Crippen LogP contribution in [-0.4, -0.2) is 23.1 Å². The van der Waals surface area contributed by atoms with Crippen molar-refractivity contribution in [3.05, 3.63) is 11.9 Å². The van der Waals surface area contributed by atoms with Gasteiger partial charge in [-0.15, -0.1) is 0 Å². The highest BCUT2D eigenvalue weighted by molar-refractivity contribution is 5.60. The Morgan fingerprint density at radius 3 is 2.63 bits per heavy atom. The number of anilines is 2. The van der Waals surface area contributed by atoms with Gasteiger partial charge in [-0.2, -0.15) is 0 Å². The summed E-state index contributed by atoms with van der Waals surface area (Å²) >= 11 is 0. The number of piperidine rings is 1. The minimum Gasteiger partial charge on any atom is -0.356 e. The Labute approximate surface area is 115 Å². The van der Waals surface area contributed by atoms with E-state index in [0.29, 0.717) is 11.8 Å². The number of aromatic nitrogens is 2. The summed E-state index contributed by atoms with van der Waals surface area (Å²) in [5.41, 5.74) is 3.82. The van der Waals surface area contributed by atoms with Crippen LogP contribution in [-0.2, 0) is 0 Å². The van der Waals surface area contributed by atoms with Crippen molar-refractivity contribution in [1.82, 2.24) is 9.97 Å². The second kappa shape index (κ2) is 5.74. The third kappa shape index (κ3) is 2.81. The lowest BCUT2D eigenvalue weighted by atomic mass is 9.88. The monoisotopic (exact) mass is 263 g/mol. The first-order valence-electron chi connectivity index (χ1n) is 7.11. The van der Waals surface area contributed by atoms with Gasteiger partial charge in [-0.25, -0.2) is 15.8 Å². The number of hydrogen-bond acceptors (Lipinski definition) is 5. The second-order valence-electron chi connectivity index (χ2n) is 5.95. The summed E-state index contributed by atoms with van der Waals surface area (Å²) in [4.78, 5) is 11.1. The number of hydrogen-bond donors (Lipinski definition) is 2. The largest absolute Gasteiger partial charge is 0.356 e. The molecule has 2 heterocycles. The predicted octanol–water partition coefficient (Wildman–Crippen LogP) is 2.37. The standard InChI is InChI=1S/C14H25N5/c1-9(2)12-13(18-15)16-8-17-14(12)19-6-5-10(3)11(4)7-19/h8-11H,5-7,15H2,1-4H3,(H,16,17,18). The maximum absolute atomic E-state index is 5.58. The van der Waals surface area contributed by atoms with Crippen LogP contribution in [0.1, 0.15) is 45.6 Å². The van der Waals surface area contributed by atoms with E-state index in [1.54, 1.807) is 6.33 Å². The van der Waals surface area contributed by atoms with E-state index in [-0.39, 0.29) is 0 Å². The fourth-order valence-corrected chi connectivity index (χ4v) is 2.74. The molecule has 1 aliphatic heterocycles. The fourth-order valence-electron chi connectivity index (χ4n) is 2.74. The van der Waals surface area contributed by atoms with Crippen molar-refractivity contribution in [2.75, 3.05) is 23.4 Å². The van der Waals surface area contributed by atoms with Crippen molar-refractivity contribution in [2.24, 2.45) is 17.7 Å². The molecule has 5 nitrogen and oxygen atoms in total. The zero-order valence-corrected chi connectivity index (χ0v) is 12.3. The SMILES string of the molecule is CC(C)c1c(NN)ncnc1N1CCC(C)C(C)C1. The first-order chi connectivity index (χ1) is 9.04. The number of nitrogen functional groups attached to an aromatic ring is 1. The van der Waals surface area contributed by atoms with Gasteiger partial charge in [-0.05, 0) is 24.2 Å². The van der Waals surface area contributed by atoms with Crippen molar-refractivity contribution in [2.45, 2.75) is 40.0 Å². The molecular weight excluding hydrogens is 238 g/mol. The van der Waals surface area contributed by atoms with E-state index in [4.69, 9.17) is 5.84 Å². The quantitative estimate of drug-likeness (QED) is 0.647. The summed E-state index contributed by atoms with van der Waals surface area (Å²) in [6.07, 6.45) is 2.81. The number of nitrogens with two attached hydrogens (primary N) is 1. The molecule has 106 valence electrons. The van der Waals surface area contributed by atoms with Crippen LogP contribution in [0.2, 0.25) is 0 Å². The molecule has 5 heteroatoms. The minimum atomic E-state index is 0.344. The molecule has 2 unspecified atom stereocenters. The Morgan fingerprint density at radius 1 is 1.32 bits per heavy atom. The van der Waals surface area contributed by atoms with E-state index in [1.165, 1.54) is 6.42 Å². The first kappa shape index (κ1) is 14.1. The lowest BCUT2D eigenvalue weighted by molar-refractivity contribution is 0.322. The van der Waals surface area contributed by atoms with Crippen molar-refractivity contribution >= 4 is 11.6 Å². The molecule has 1 fully saturated rings. The predicted molar refractivity (Wildman–Crippen MR) is 79.1 cm³/mol. The second-order valence-corrected chi connectivity index (χ2v) is 5.95. The van der Waals surface area contributed by atoms with E-state index >= 15 is 0 Å². The fraction of sp³-hybridized carbons (Fsp3) is 0.714. The van der Waals surface area contributed by atoms with Crippen LogP contribution in [0.15, 0.2) is 6.33 Å². The lowest BCUT2D eigenvalue weighted by Gasteiger charge is -2.37. The van der Waals surface area contributed by atoms with Gasteiger partial charge in [0.05, 0.1) is 0 Å². The van der Waals surface area contributed by atoms with Crippen LogP contribution in [0.5, 0.6) is 0 Å². The van der Waals surface area contributed by atoms with Crippen LogP contribution in [0.3, 0.4) is 0 Å². The zero-order valence-electron chi connectivity index (χ0n) is 12.3. The van der Waals surface area contributed by atoms with Gasteiger partial charge in [-0.3, -0.25) is 0 Å². The van der Waals surface area contributed by atoms with Gasteiger partial charge < -0.3 is 10.3 Å². The molecule has 2 atom stereocenters. The number of nitrogens with one attached hydrogen (secondary N) is 1. The first-order valence-corrected chi connectivity index (χ1v) is 7.11. The summed E-state index contributed by atoms with van der Waals surface area (Å²) in [6, 6.07) is 0. The van der Waals surface area contributed by atoms with Gasteiger partial charge in [0, 0.05) is 18.7 Å². The Morgan fingerprint density at radius 2 is 2.05 bits per heavy atom. The molecule has 0 aromatic carbocycles. The van der Waals surface area contributed by atoms with Crippen molar-refractivity contribution in [3.63, 3.8) is 0 Å². The summed E-state index contributed by atoms with van der Waals surface area (Å²) in [6.45, 7) is 11.1. The highest BCUT2D eigenvalue weighted by atomic mass is 15.3. The van der Waals surface area contributed by atoms with Crippen molar-refractivity contribution < 1.29 is 0 Å². The molecule has 2 rings (SSSR count). The topological polar surface area (TPSA) is 67.1 Å². The maximum atomic E-state index is 5.58. The molecule has 19 heavy (non-hydrogen) atoms. The zero-order chi connectivity index (χ0) is 14.0. The van der Waals surface area contributed by atoms with Crippen LogP contribution < -0.4 is 16.2 Å². The Bertz CT molecular complexity index is 432. The number of rotatable bonds is 3. The molecule has 1 aliphatic rings. The molecular formula is C14H25N5. The minimum absolute atomic E-state index is 0.344. The molecule has 1 aromatic rings. The van der Waals surface area contributed by atoms with Crippen LogP contribution in [0.25, 0.3) is 0 Å². The molecule has 1 aromatic heterocycles. The van der Waals surface area contributed by atoms with E-state index in [9.17, 15) is 0 Å². The van der Waals surface area contributed by atoms with Gasteiger partial charge >= 0.3 is 0 Å². The summed E-state index contributed by atoms with van der Waals surface area (Å²) < 4.78 is 0. The Balaban J connectivity index is 2.34. The average Bonchev–Trinajstić information content (AvgIpc) is 2.40. The molecule has 0 amide bonds. The third-order valence-corrected chi connectivity index (χ3v) is 4.21. The smallest absolute Gasteiger partial charge is 0.148 e. The average molecular weight is 263 g/mol. The normalized spacial score (nSPS) is 23.8. The van der Waals surface area contributed by atoms with Crippen LogP contribution >= 0.6 is 0 Å². The maximum Gasteiger partial charge on any atom is 0.148 e. The van der Waals surface area contributed by atoms with E-state index in [1.807, 2.05) is 0 Å². The molecule has 0 radical (unpaired) electrons. The number of hydrazine groups is 1. The third-order valence-electron chi connectivity index (χ3n) is 4.21. The van der Waals surface area contributed by atoms with E-state index in [2.05, 4.69) is 48.0 Å². The molecule has 0 bridgehead atoms. The molecule has 3 N–H and O–H groups in total. The summed E-state index contributed by atoms with van der Waals surface area (Å²) in [5, 5.41) is 0. The van der Waals surface area contributed by atoms with E-state index in [0.717, 1.165) is 36.2 Å². The summed E-state index contributed by atoms with van der Waals surface area (Å²) in [5.74, 6) is 9.18. The summed E-state index contributed by atoms with van der Waals surface area (Å²) in [7, 11) is 0. The molecule has 1 saturated heterocycles. The van der Waals surface area contributed by atoms with Crippen LogP contribution in [0.4, 0.5) is 11.6 Å².